The molecule has 2 bridgehead atoms. The number of ether oxygens (including phenoxy) is 1. The zero-order valence-electron chi connectivity index (χ0n) is 26.4. The van der Waals surface area contributed by atoms with Gasteiger partial charge in [-0.05, 0) is 117 Å². The average molecular weight is 677 g/mol. The molecule has 6 atom stereocenters. The van der Waals surface area contributed by atoms with E-state index in [0.717, 1.165) is 55.7 Å². The highest BCUT2D eigenvalue weighted by Crippen LogP contribution is 2.48. The summed E-state index contributed by atoms with van der Waals surface area (Å²) in [4.78, 5) is 15.8. The number of sulfonamides is 1. The van der Waals surface area contributed by atoms with E-state index >= 15 is 0 Å². The van der Waals surface area contributed by atoms with Gasteiger partial charge in [0.05, 0.1) is 23.3 Å². The number of benzene rings is 2. The van der Waals surface area contributed by atoms with Crippen LogP contribution >= 0.6 is 11.6 Å². The molecular weight excluding hydrogens is 632 g/mol. The first-order valence-corrected chi connectivity index (χ1v) is 20.3. The van der Waals surface area contributed by atoms with Crippen molar-refractivity contribution in [2.45, 2.75) is 75.9 Å². The Kier molecular flexibility index (Phi) is 8.98. The third-order valence-electron chi connectivity index (χ3n) is 11.1. The Morgan fingerprint density at radius 2 is 1.87 bits per heavy atom. The molecule has 2 aliphatic heterocycles. The second-order valence-corrected chi connectivity index (χ2v) is 18.9. The summed E-state index contributed by atoms with van der Waals surface area (Å²) in [7, 11) is -7.13. The zero-order chi connectivity index (χ0) is 32.1. The summed E-state index contributed by atoms with van der Waals surface area (Å²) in [5.74, 6) is 0.556. The first-order chi connectivity index (χ1) is 21.2. The molecule has 1 N–H and O–H groups in total. The van der Waals surface area contributed by atoms with E-state index in [2.05, 4.69) is 21.8 Å². The Balaban J connectivity index is 1.43. The number of carbonyl (C=O) groups is 1. The molecule has 246 valence electrons. The van der Waals surface area contributed by atoms with Crippen molar-refractivity contribution in [3.8, 4) is 5.75 Å². The summed E-state index contributed by atoms with van der Waals surface area (Å²) >= 11 is 6.41. The lowest BCUT2D eigenvalue weighted by molar-refractivity contribution is 0.0980. The van der Waals surface area contributed by atoms with Crippen LogP contribution in [0, 0.1) is 23.7 Å². The molecular formula is C34H45ClN2O6S2. The lowest BCUT2D eigenvalue weighted by atomic mass is 9.65. The fourth-order valence-corrected chi connectivity index (χ4v) is 11.0. The Bertz CT molecular complexity index is 1680. The Hall–Kier alpha value is -2.30. The van der Waals surface area contributed by atoms with E-state index in [0.29, 0.717) is 37.8 Å². The molecule has 2 aromatic carbocycles. The molecule has 4 unspecified atom stereocenters. The third kappa shape index (κ3) is 6.75. The van der Waals surface area contributed by atoms with Crippen LogP contribution in [0.5, 0.6) is 5.75 Å². The van der Waals surface area contributed by atoms with Gasteiger partial charge in [0.15, 0.2) is 0 Å². The van der Waals surface area contributed by atoms with Crippen molar-refractivity contribution in [2.75, 3.05) is 36.6 Å². The molecule has 0 radical (unpaired) electrons. The van der Waals surface area contributed by atoms with Gasteiger partial charge in [0, 0.05) is 35.3 Å². The average Bonchev–Trinajstić information content (AvgIpc) is 3.10. The minimum Gasteiger partial charge on any atom is -0.490 e. The van der Waals surface area contributed by atoms with Gasteiger partial charge in [-0.25, -0.2) is 21.6 Å². The maximum atomic E-state index is 13.4. The molecule has 0 aromatic heterocycles. The molecule has 0 saturated heterocycles. The molecule has 1 amide bonds. The quantitative estimate of drug-likeness (QED) is 0.430. The molecule has 4 aliphatic rings. The zero-order valence-corrected chi connectivity index (χ0v) is 28.8. The first-order valence-electron chi connectivity index (χ1n) is 16.3. The second kappa shape index (κ2) is 12.4. The standard InChI is InChI=1S/C34H45ClN2O6S2/c1-22-6-4-7-27(19-44(3,39)40)29-12-9-26(29)18-37-20-34(15-5-8-24-16-28(35)11-13-30(24)34)21-43-32-14-10-25(17-31(32)37)33(38)36-45(41,42)23(22)2/h10-11,13-14,16-17,22-23,26-27,29H,4-9,12,15,18-21H2,1-3H3,(H,36,38)/t22?,23?,26?,27-,29?,34+/m1/s1. The van der Waals surface area contributed by atoms with Crippen LogP contribution in [0.4, 0.5) is 5.69 Å². The van der Waals surface area contributed by atoms with Crippen molar-refractivity contribution in [1.29, 1.82) is 0 Å². The fraction of sp³-hybridized carbons (Fsp3) is 0.618. The van der Waals surface area contributed by atoms with Crippen LogP contribution in [0.2, 0.25) is 5.02 Å². The molecule has 1 spiro atoms. The number of fused-ring (bicyclic) bond motifs is 4. The van der Waals surface area contributed by atoms with E-state index in [1.54, 1.807) is 25.1 Å². The first kappa shape index (κ1) is 32.6. The predicted molar refractivity (Wildman–Crippen MR) is 178 cm³/mol. The van der Waals surface area contributed by atoms with Gasteiger partial charge in [0.25, 0.3) is 5.91 Å². The van der Waals surface area contributed by atoms with Gasteiger partial charge in [-0.3, -0.25) is 4.79 Å². The van der Waals surface area contributed by atoms with Crippen molar-refractivity contribution >= 4 is 43.1 Å². The van der Waals surface area contributed by atoms with E-state index in [9.17, 15) is 21.6 Å². The van der Waals surface area contributed by atoms with Gasteiger partial charge in [-0.15, -0.1) is 0 Å². The summed E-state index contributed by atoms with van der Waals surface area (Å²) < 4.78 is 60.7. The summed E-state index contributed by atoms with van der Waals surface area (Å²) in [6.07, 6.45) is 8.34. The van der Waals surface area contributed by atoms with Crippen LogP contribution in [0.3, 0.4) is 0 Å². The molecule has 45 heavy (non-hydrogen) atoms. The summed E-state index contributed by atoms with van der Waals surface area (Å²) in [5, 5.41) is -0.0586. The second-order valence-electron chi connectivity index (χ2n) is 14.2. The van der Waals surface area contributed by atoms with Crippen LogP contribution in [0.25, 0.3) is 0 Å². The molecule has 1 fully saturated rings. The maximum Gasteiger partial charge on any atom is 0.264 e. The van der Waals surface area contributed by atoms with Crippen LogP contribution in [-0.2, 0) is 31.7 Å². The minimum absolute atomic E-state index is 0.0195. The van der Waals surface area contributed by atoms with Crippen LogP contribution < -0.4 is 14.4 Å². The number of carbonyl (C=O) groups excluding carboxylic acids is 1. The molecule has 8 nitrogen and oxygen atoms in total. The highest BCUT2D eigenvalue weighted by Gasteiger charge is 2.45. The van der Waals surface area contributed by atoms with Crippen LogP contribution in [-0.4, -0.2) is 59.7 Å². The molecule has 2 aromatic rings. The number of nitrogens with one attached hydrogen (secondary N) is 1. The number of aryl methyl sites for hydroxylation is 1. The maximum absolute atomic E-state index is 13.4. The van der Waals surface area contributed by atoms with Crippen molar-refractivity contribution in [1.82, 2.24) is 4.72 Å². The monoisotopic (exact) mass is 676 g/mol. The highest BCUT2D eigenvalue weighted by molar-refractivity contribution is 7.90. The molecule has 2 heterocycles. The lowest BCUT2D eigenvalue weighted by Gasteiger charge is -2.47. The van der Waals surface area contributed by atoms with Gasteiger partial charge in [-0.1, -0.05) is 31.0 Å². The number of sulfone groups is 1. The number of nitrogens with zero attached hydrogens (tertiary/aromatic N) is 1. The van der Waals surface area contributed by atoms with Crippen LogP contribution in [0.1, 0.15) is 80.3 Å². The van der Waals surface area contributed by atoms with Crippen LogP contribution in [0.15, 0.2) is 36.4 Å². The Labute approximate surface area is 273 Å². The normalized spacial score (nSPS) is 31.9. The minimum atomic E-state index is -3.94. The van der Waals surface area contributed by atoms with Crippen molar-refractivity contribution < 1.29 is 26.4 Å². The van der Waals surface area contributed by atoms with Crippen molar-refractivity contribution in [2.24, 2.45) is 23.7 Å². The van der Waals surface area contributed by atoms with Gasteiger partial charge in [0.2, 0.25) is 10.0 Å². The van der Waals surface area contributed by atoms with Crippen molar-refractivity contribution in [3.63, 3.8) is 0 Å². The van der Waals surface area contributed by atoms with Crippen molar-refractivity contribution in [3.05, 3.63) is 58.1 Å². The van der Waals surface area contributed by atoms with Gasteiger partial charge in [-0.2, -0.15) is 0 Å². The molecule has 11 heteroatoms. The number of anilines is 1. The fourth-order valence-electron chi connectivity index (χ4n) is 8.31. The number of rotatable bonds is 2. The Morgan fingerprint density at radius 1 is 1.07 bits per heavy atom. The van der Waals surface area contributed by atoms with Gasteiger partial charge < -0.3 is 9.64 Å². The molecule has 2 aliphatic carbocycles. The van der Waals surface area contributed by atoms with Gasteiger partial charge >= 0.3 is 0 Å². The third-order valence-corrected chi connectivity index (χ3v) is 14.3. The van der Waals surface area contributed by atoms with Gasteiger partial charge in [0.1, 0.15) is 15.6 Å². The lowest BCUT2D eigenvalue weighted by Crippen LogP contribution is -2.49. The number of hydrogen-bond acceptors (Lipinski definition) is 7. The van der Waals surface area contributed by atoms with E-state index in [-0.39, 0.29) is 34.5 Å². The summed E-state index contributed by atoms with van der Waals surface area (Å²) in [6, 6.07) is 11.3. The highest BCUT2D eigenvalue weighted by atomic mass is 35.5. The largest absolute Gasteiger partial charge is 0.490 e. The smallest absolute Gasteiger partial charge is 0.264 e. The molecule has 6 rings (SSSR count). The number of amides is 1. The predicted octanol–water partition coefficient (Wildman–Crippen LogP) is 5.77. The van der Waals surface area contributed by atoms with E-state index < -0.39 is 31.0 Å². The Morgan fingerprint density at radius 3 is 2.60 bits per heavy atom. The number of halogens is 1. The topological polar surface area (TPSA) is 110 Å². The van der Waals surface area contributed by atoms with E-state index in [1.807, 2.05) is 13.0 Å². The number of hydrogen-bond donors (Lipinski definition) is 1. The van der Waals surface area contributed by atoms with E-state index in [4.69, 9.17) is 16.3 Å². The summed E-state index contributed by atoms with van der Waals surface area (Å²) in [5.41, 5.74) is 3.23. The van der Waals surface area contributed by atoms with E-state index in [1.165, 1.54) is 17.4 Å². The SMILES string of the molecule is CC1CCC[C@H](CS(C)(=O)=O)C2CCC2CN2C[C@@]3(CCCc4cc(Cl)ccc43)COc3ccc(cc32)C(=O)NS(=O)(=O)C1C. The summed E-state index contributed by atoms with van der Waals surface area (Å²) in [6.45, 7) is 5.39. The molecule has 1 saturated carbocycles.